The smallest absolute Gasteiger partial charge is 0.259 e. The first-order valence-corrected chi connectivity index (χ1v) is 7.62. The zero-order valence-electron chi connectivity index (χ0n) is 11.6. The van der Waals surface area contributed by atoms with Gasteiger partial charge in [0.05, 0.1) is 0 Å². The van der Waals surface area contributed by atoms with Gasteiger partial charge < -0.3 is 5.73 Å². The van der Waals surface area contributed by atoms with Crippen molar-refractivity contribution in [2.75, 3.05) is 5.73 Å². The summed E-state index contributed by atoms with van der Waals surface area (Å²) in [7, 11) is 0. The summed E-state index contributed by atoms with van der Waals surface area (Å²) in [6.07, 6.45) is 5.35. The van der Waals surface area contributed by atoms with Crippen LogP contribution >= 0.6 is 0 Å². The Bertz CT molecular complexity index is 698. The Balaban J connectivity index is 1.76. The molecule has 0 radical (unpaired) electrons. The van der Waals surface area contributed by atoms with Crippen LogP contribution in [0.25, 0.3) is 10.8 Å². The molecule has 0 saturated heterocycles. The molecule has 3 nitrogen and oxygen atoms in total. The highest BCUT2D eigenvalue weighted by atomic mass is 16.1. The predicted octanol–water partition coefficient (Wildman–Crippen LogP) is 3.02. The fraction of sp³-hybridized carbons (Fsp3) is 0.471. The highest BCUT2D eigenvalue weighted by Gasteiger charge is 2.41. The van der Waals surface area contributed by atoms with E-state index in [9.17, 15) is 4.79 Å². The van der Waals surface area contributed by atoms with E-state index in [1.54, 1.807) is 0 Å². The average molecular weight is 268 g/mol. The van der Waals surface area contributed by atoms with E-state index in [0.717, 1.165) is 29.2 Å². The number of nitrogens with zero attached hydrogens (tertiary/aromatic N) is 1. The highest BCUT2D eigenvalue weighted by Crippen LogP contribution is 2.49. The summed E-state index contributed by atoms with van der Waals surface area (Å²) in [6.45, 7) is 0.810. The minimum Gasteiger partial charge on any atom is -0.385 e. The number of fused-ring (bicyclic) bond motifs is 1. The molecule has 2 N–H and O–H groups in total. The van der Waals surface area contributed by atoms with Crippen molar-refractivity contribution in [2.45, 2.75) is 32.2 Å². The summed E-state index contributed by atoms with van der Waals surface area (Å²) in [5, 5.41) is 1.73. The molecule has 1 aromatic heterocycles. The number of nitrogen functional groups attached to an aromatic ring is 1. The van der Waals surface area contributed by atoms with Crippen LogP contribution in [0.15, 0.2) is 35.1 Å². The number of pyridine rings is 1. The fourth-order valence-electron chi connectivity index (χ4n) is 3.45. The van der Waals surface area contributed by atoms with Crippen LogP contribution in [0.1, 0.15) is 25.7 Å². The minimum atomic E-state index is 0.0758. The van der Waals surface area contributed by atoms with Gasteiger partial charge in [-0.1, -0.05) is 18.2 Å². The van der Waals surface area contributed by atoms with Gasteiger partial charge in [-0.15, -0.1) is 0 Å². The molecule has 2 aliphatic carbocycles. The van der Waals surface area contributed by atoms with E-state index in [0.29, 0.717) is 11.7 Å². The molecule has 3 heteroatoms. The molecule has 0 spiro atoms. The first-order chi connectivity index (χ1) is 9.74. The molecule has 2 saturated carbocycles. The van der Waals surface area contributed by atoms with Gasteiger partial charge in [0.1, 0.15) is 5.82 Å². The monoisotopic (exact) mass is 268 g/mol. The first kappa shape index (κ1) is 12.0. The molecule has 0 aliphatic heterocycles. The molecule has 20 heavy (non-hydrogen) atoms. The third kappa shape index (κ3) is 2.01. The first-order valence-electron chi connectivity index (χ1n) is 7.62. The van der Waals surface area contributed by atoms with E-state index in [1.165, 1.54) is 25.7 Å². The van der Waals surface area contributed by atoms with Crippen molar-refractivity contribution in [3.63, 3.8) is 0 Å². The molecule has 2 aliphatic rings. The van der Waals surface area contributed by atoms with Gasteiger partial charge in [-0.25, -0.2) is 0 Å². The molecule has 1 heterocycles. The standard InChI is InChI=1S/C17H20N2O/c18-16-9-13-3-1-2-4-14(13)17(20)19(16)10-15(11-5-6-11)12-7-8-12/h1-4,9,11-12,15H,5-8,10,18H2. The van der Waals surface area contributed by atoms with Gasteiger partial charge in [-0.2, -0.15) is 0 Å². The third-order valence-corrected chi connectivity index (χ3v) is 4.90. The van der Waals surface area contributed by atoms with Gasteiger partial charge >= 0.3 is 0 Å². The number of hydrogen-bond acceptors (Lipinski definition) is 2. The van der Waals surface area contributed by atoms with Crippen LogP contribution in [0.5, 0.6) is 0 Å². The van der Waals surface area contributed by atoms with Crippen LogP contribution in [0, 0.1) is 17.8 Å². The van der Waals surface area contributed by atoms with Gasteiger partial charge in [0.2, 0.25) is 0 Å². The van der Waals surface area contributed by atoms with Gasteiger partial charge in [-0.05, 0) is 61.0 Å². The summed E-state index contributed by atoms with van der Waals surface area (Å²) < 4.78 is 1.81. The number of rotatable bonds is 4. The Morgan fingerprint density at radius 3 is 2.45 bits per heavy atom. The largest absolute Gasteiger partial charge is 0.385 e. The number of aromatic nitrogens is 1. The van der Waals surface area contributed by atoms with Crippen molar-refractivity contribution in [1.29, 1.82) is 0 Å². The Labute approximate surface area is 118 Å². The second-order valence-corrected chi connectivity index (χ2v) is 6.41. The van der Waals surface area contributed by atoms with Gasteiger partial charge in [0.25, 0.3) is 5.56 Å². The Hall–Kier alpha value is -1.77. The quantitative estimate of drug-likeness (QED) is 0.926. The summed E-state index contributed by atoms with van der Waals surface area (Å²) in [5.74, 6) is 2.94. The van der Waals surface area contributed by atoms with Gasteiger partial charge in [-0.3, -0.25) is 9.36 Å². The van der Waals surface area contributed by atoms with Crippen molar-refractivity contribution in [3.05, 3.63) is 40.7 Å². The van der Waals surface area contributed by atoms with E-state index in [4.69, 9.17) is 5.73 Å². The Kier molecular flexibility index (Phi) is 2.62. The second kappa shape index (κ2) is 4.37. The Morgan fingerprint density at radius 1 is 1.15 bits per heavy atom. The summed E-state index contributed by atoms with van der Waals surface area (Å²) in [4.78, 5) is 12.7. The Morgan fingerprint density at radius 2 is 1.80 bits per heavy atom. The lowest BCUT2D eigenvalue weighted by Gasteiger charge is -2.19. The van der Waals surface area contributed by atoms with Crippen LogP contribution in [0.3, 0.4) is 0 Å². The minimum absolute atomic E-state index is 0.0758. The molecule has 2 fully saturated rings. The molecule has 2 aromatic rings. The lowest BCUT2D eigenvalue weighted by Crippen LogP contribution is -2.28. The normalized spacial score (nSPS) is 18.9. The molecule has 4 rings (SSSR count). The summed E-state index contributed by atoms with van der Waals surface area (Å²) >= 11 is 0. The van der Waals surface area contributed by atoms with Crippen molar-refractivity contribution in [1.82, 2.24) is 4.57 Å². The molecule has 0 unspecified atom stereocenters. The zero-order chi connectivity index (χ0) is 13.7. The SMILES string of the molecule is Nc1cc2ccccc2c(=O)n1CC(C1CC1)C1CC1. The summed E-state index contributed by atoms with van der Waals surface area (Å²) in [5.41, 5.74) is 6.22. The van der Waals surface area contributed by atoms with Crippen LogP contribution in [0.2, 0.25) is 0 Å². The van der Waals surface area contributed by atoms with E-state index >= 15 is 0 Å². The van der Waals surface area contributed by atoms with Crippen molar-refractivity contribution < 1.29 is 0 Å². The van der Waals surface area contributed by atoms with Crippen molar-refractivity contribution >= 4 is 16.6 Å². The van der Waals surface area contributed by atoms with Crippen LogP contribution in [0.4, 0.5) is 5.82 Å². The molecule has 0 amide bonds. The number of benzene rings is 1. The lowest BCUT2D eigenvalue weighted by atomic mass is 9.97. The number of anilines is 1. The van der Waals surface area contributed by atoms with Crippen LogP contribution in [-0.4, -0.2) is 4.57 Å². The van der Waals surface area contributed by atoms with E-state index in [2.05, 4.69) is 0 Å². The molecule has 0 bridgehead atoms. The zero-order valence-corrected chi connectivity index (χ0v) is 11.6. The maximum atomic E-state index is 12.7. The number of nitrogens with two attached hydrogens (primary N) is 1. The molecule has 0 atom stereocenters. The summed E-state index contributed by atoms with van der Waals surface area (Å²) in [6, 6.07) is 9.66. The van der Waals surface area contributed by atoms with Crippen molar-refractivity contribution in [3.8, 4) is 0 Å². The molecule has 104 valence electrons. The maximum absolute atomic E-state index is 12.7. The predicted molar refractivity (Wildman–Crippen MR) is 81.6 cm³/mol. The molecular weight excluding hydrogens is 248 g/mol. The van der Waals surface area contributed by atoms with E-state index in [1.807, 2.05) is 34.9 Å². The maximum Gasteiger partial charge on any atom is 0.259 e. The molecular formula is C17H20N2O. The van der Waals surface area contributed by atoms with E-state index < -0.39 is 0 Å². The fourth-order valence-corrected chi connectivity index (χ4v) is 3.45. The lowest BCUT2D eigenvalue weighted by molar-refractivity contribution is 0.347. The third-order valence-electron chi connectivity index (χ3n) is 4.90. The van der Waals surface area contributed by atoms with Gasteiger partial charge in [0.15, 0.2) is 0 Å². The van der Waals surface area contributed by atoms with Gasteiger partial charge in [0, 0.05) is 11.9 Å². The highest BCUT2D eigenvalue weighted by molar-refractivity contribution is 5.83. The van der Waals surface area contributed by atoms with Crippen molar-refractivity contribution in [2.24, 2.45) is 17.8 Å². The van der Waals surface area contributed by atoms with Crippen LogP contribution in [-0.2, 0) is 6.54 Å². The molecule has 1 aromatic carbocycles. The van der Waals surface area contributed by atoms with Crippen LogP contribution < -0.4 is 11.3 Å². The average Bonchev–Trinajstić information content (AvgIpc) is 3.32. The topological polar surface area (TPSA) is 48.0 Å². The second-order valence-electron chi connectivity index (χ2n) is 6.41. The number of hydrogen-bond donors (Lipinski definition) is 1. The van der Waals surface area contributed by atoms with E-state index in [-0.39, 0.29) is 5.56 Å².